The van der Waals surface area contributed by atoms with Crippen LogP contribution in [0.4, 0.5) is 0 Å². The van der Waals surface area contributed by atoms with E-state index in [9.17, 15) is 0 Å². The Morgan fingerprint density at radius 3 is 2.48 bits per heavy atom. The number of furan rings is 1. The van der Waals surface area contributed by atoms with Crippen LogP contribution in [-0.2, 0) is 6.54 Å². The standard InChI is InChI=1S/C18H22N2O/c1-2-18(17-6-4-3-5-7-17)20-11-9-19(10-12-20)14-16-8-13-21-15-16/h2-8,13,15,18H,1,9-12,14H2. The molecule has 2 heterocycles. The Morgan fingerprint density at radius 2 is 1.86 bits per heavy atom. The van der Waals surface area contributed by atoms with Crippen molar-refractivity contribution in [2.24, 2.45) is 0 Å². The third kappa shape index (κ3) is 3.43. The molecule has 1 fully saturated rings. The lowest BCUT2D eigenvalue weighted by molar-refractivity contribution is 0.107. The topological polar surface area (TPSA) is 19.6 Å². The third-order valence-corrected chi connectivity index (χ3v) is 4.15. The van der Waals surface area contributed by atoms with Crippen LogP contribution < -0.4 is 0 Å². The Hall–Kier alpha value is -1.84. The monoisotopic (exact) mass is 282 g/mol. The predicted molar refractivity (Wildman–Crippen MR) is 84.9 cm³/mol. The van der Waals surface area contributed by atoms with E-state index >= 15 is 0 Å². The minimum atomic E-state index is 0.322. The Morgan fingerprint density at radius 1 is 1.10 bits per heavy atom. The van der Waals surface area contributed by atoms with Gasteiger partial charge in [-0.2, -0.15) is 0 Å². The van der Waals surface area contributed by atoms with Crippen LogP contribution in [0.3, 0.4) is 0 Å². The predicted octanol–water partition coefficient (Wildman–Crippen LogP) is 3.32. The fraction of sp³-hybridized carbons (Fsp3) is 0.333. The van der Waals surface area contributed by atoms with E-state index in [-0.39, 0.29) is 0 Å². The lowest BCUT2D eigenvalue weighted by Gasteiger charge is -2.38. The first-order valence-electron chi connectivity index (χ1n) is 7.52. The Bertz CT molecular complexity index is 542. The van der Waals surface area contributed by atoms with Gasteiger partial charge >= 0.3 is 0 Å². The molecule has 21 heavy (non-hydrogen) atoms. The highest BCUT2D eigenvalue weighted by Crippen LogP contribution is 2.23. The molecule has 1 aliphatic heterocycles. The normalized spacial score (nSPS) is 18.5. The molecule has 0 spiro atoms. The summed E-state index contributed by atoms with van der Waals surface area (Å²) in [6.07, 6.45) is 5.64. The summed E-state index contributed by atoms with van der Waals surface area (Å²) in [6, 6.07) is 13.0. The maximum atomic E-state index is 5.14. The molecule has 1 aliphatic rings. The van der Waals surface area contributed by atoms with Crippen LogP contribution in [-0.4, -0.2) is 36.0 Å². The zero-order valence-electron chi connectivity index (χ0n) is 12.3. The van der Waals surface area contributed by atoms with E-state index in [1.165, 1.54) is 11.1 Å². The molecule has 1 aromatic carbocycles. The molecule has 1 aromatic heterocycles. The van der Waals surface area contributed by atoms with E-state index in [4.69, 9.17) is 4.42 Å². The van der Waals surface area contributed by atoms with Crippen molar-refractivity contribution < 1.29 is 4.42 Å². The number of rotatable bonds is 5. The van der Waals surface area contributed by atoms with Crippen molar-refractivity contribution in [2.45, 2.75) is 12.6 Å². The van der Waals surface area contributed by atoms with Crippen molar-refractivity contribution in [2.75, 3.05) is 26.2 Å². The lowest BCUT2D eigenvalue weighted by Crippen LogP contribution is -2.46. The van der Waals surface area contributed by atoms with Crippen molar-refractivity contribution >= 4 is 0 Å². The molecular formula is C18H22N2O. The maximum Gasteiger partial charge on any atom is 0.0947 e. The van der Waals surface area contributed by atoms with E-state index in [1.807, 2.05) is 12.3 Å². The summed E-state index contributed by atoms with van der Waals surface area (Å²) in [6.45, 7) is 9.32. The number of nitrogens with zero attached hydrogens (tertiary/aromatic N) is 2. The summed E-state index contributed by atoms with van der Waals surface area (Å²) in [5.41, 5.74) is 2.59. The second kappa shape index (κ2) is 6.74. The van der Waals surface area contributed by atoms with Crippen molar-refractivity contribution in [1.82, 2.24) is 9.80 Å². The molecule has 0 aliphatic carbocycles. The smallest absolute Gasteiger partial charge is 0.0947 e. The van der Waals surface area contributed by atoms with Crippen LogP contribution >= 0.6 is 0 Å². The molecule has 0 saturated carbocycles. The van der Waals surface area contributed by atoms with E-state index in [0.29, 0.717) is 6.04 Å². The minimum Gasteiger partial charge on any atom is -0.472 e. The average Bonchev–Trinajstić information content (AvgIpc) is 3.04. The quantitative estimate of drug-likeness (QED) is 0.784. The second-order valence-corrected chi connectivity index (χ2v) is 5.53. The number of piperazine rings is 1. The molecule has 3 heteroatoms. The largest absolute Gasteiger partial charge is 0.472 e. The van der Waals surface area contributed by atoms with Gasteiger partial charge in [-0.05, 0) is 11.6 Å². The highest BCUT2D eigenvalue weighted by molar-refractivity contribution is 5.22. The van der Waals surface area contributed by atoms with Crippen LogP contribution in [0.2, 0.25) is 0 Å². The fourth-order valence-corrected chi connectivity index (χ4v) is 2.99. The van der Waals surface area contributed by atoms with Gasteiger partial charge in [0.25, 0.3) is 0 Å². The van der Waals surface area contributed by atoms with Crippen LogP contribution in [0, 0.1) is 0 Å². The zero-order chi connectivity index (χ0) is 14.5. The van der Waals surface area contributed by atoms with E-state index in [1.54, 1.807) is 6.26 Å². The van der Waals surface area contributed by atoms with E-state index < -0.39 is 0 Å². The molecular weight excluding hydrogens is 260 g/mol. The van der Waals surface area contributed by atoms with Gasteiger partial charge < -0.3 is 4.42 Å². The first-order valence-corrected chi connectivity index (χ1v) is 7.52. The van der Waals surface area contributed by atoms with Gasteiger partial charge in [0.05, 0.1) is 18.6 Å². The average molecular weight is 282 g/mol. The van der Waals surface area contributed by atoms with E-state index in [2.05, 4.69) is 52.8 Å². The molecule has 0 N–H and O–H groups in total. The maximum absolute atomic E-state index is 5.14. The molecule has 1 atom stereocenters. The van der Waals surface area contributed by atoms with Crippen LogP contribution in [0.5, 0.6) is 0 Å². The number of hydrogen-bond donors (Lipinski definition) is 0. The zero-order valence-corrected chi connectivity index (χ0v) is 12.3. The number of benzene rings is 1. The van der Waals surface area contributed by atoms with Gasteiger partial charge in [-0.15, -0.1) is 6.58 Å². The SMILES string of the molecule is C=CC(c1ccccc1)N1CCN(Cc2ccoc2)CC1. The van der Waals surface area contributed by atoms with Gasteiger partial charge in [0.2, 0.25) is 0 Å². The molecule has 3 nitrogen and oxygen atoms in total. The van der Waals surface area contributed by atoms with Crippen LogP contribution in [0.25, 0.3) is 0 Å². The minimum absolute atomic E-state index is 0.322. The summed E-state index contributed by atoms with van der Waals surface area (Å²) >= 11 is 0. The Balaban J connectivity index is 1.58. The molecule has 0 bridgehead atoms. The molecule has 1 unspecified atom stereocenters. The highest BCUT2D eigenvalue weighted by Gasteiger charge is 2.23. The van der Waals surface area contributed by atoms with Crippen LogP contribution in [0.1, 0.15) is 17.2 Å². The van der Waals surface area contributed by atoms with Gasteiger partial charge in [0.15, 0.2) is 0 Å². The molecule has 3 rings (SSSR count). The first kappa shape index (κ1) is 14.1. The van der Waals surface area contributed by atoms with Crippen molar-refractivity contribution in [3.05, 3.63) is 72.7 Å². The second-order valence-electron chi connectivity index (χ2n) is 5.53. The van der Waals surface area contributed by atoms with Gasteiger partial charge in [-0.25, -0.2) is 0 Å². The molecule has 2 aromatic rings. The highest BCUT2D eigenvalue weighted by atomic mass is 16.3. The van der Waals surface area contributed by atoms with Gasteiger partial charge in [0, 0.05) is 38.3 Å². The summed E-state index contributed by atoms with van der Waals surface area (Å²) < 4.78 is 5.14. The van der Waals surface area contributed by atoms with E-state index in [0.717, 1.165) is 32.7 Å². The third-order valence-electron chi connectivity index (χ3n) is 4.15. The molecule has 0 amide bonds. The van der Waals surface area contributed by atoms with Crippen LogP contribution in [0.15, 0.2) is 66.0 Å². The number of hydrogen-bond acceptors (Lipinski definition) is 3. The molecule has 0 radical (unpaired) electrons. The molecule has 110 valence electrons. The van der Waals surface area contributed by atoms with Gasteiger partial charge in [0.1, 0.15) is 0 Å². The van der Waals surface area contributed by atoms with Crippen molar-refractivity contribution in [3.63, 3.8) is 0 Å². The van der Waals surface area contributed by atoms with Crippen molar-refractivity contribution in [3.8, 4) is 0 Å². The fourth-order valence-electron chi connectivity index (χ4n) is 2.99. The molecule has 1 saturated heterocycles. The Labute approximate surface area is 126 Å². The van der Waals surface area contributed by atoms with Gasteiger partial charge in [-0.3, -0.25) is 9.80 Å². The first-order chi connectivity index (χ1) is 10.4. The Kier molecular flexibility index (Phi) is 4.53. The lowest BCUT2D eigenvalue weighted by atomic mass is 10.0. The summed E-state index contributed by atoms with van der Waals surface area (Å²) in [4.78, 5) is 4.99. The van der Waals surface area contributed by atoms with Gasteiger partial charge in [-0.1, -0.05) is 36.4 Å². The summed E-state index contributed by atoms with van der Waals surface area (Å²) in [5, 5.41) is 0. The summed E-state index contributed by atoms with van der Waals surface area (Å²) in [5.74, 6) is 0. The van der Waals surface area contributed by atoms with Crippen molar-refractivity contribution in [1.29, 1.82) is 0 Å². The summed E-state index contributed by atoms with van der Waals surface area (Å²) in [7, 11) is 0.